The van der Waals surface area contributed by atoms with E-state index in [1.165, 1.54) is 10.6 Å². The number of amides is 1. The zero-order valence-corrected chi connectivity index (χ0v) is 16.3. The van der Waals surface area contributed by atoms with Crippen molar-refractivity contribution in [2.75, 3.05) is 19.3 Å². The van der Waals surface area contributed by atoms with Crippen molar-refractivity contribution >= 4 is 15.9 Å². The maximum absolute atomic E-state index is 13.1. The maximum Gasteiger partial charge on any atom is 0.241 e. The van der Waals surface area contributed by atoms with Crippen molar-refractivity contribution in [3.8, 4) is 11.4 Å². The molecule has 1 aromatic heterocycles. The Morgan fingerprint density at radius 2 is 1.93 bits per heavy atom. The zero-order valence-electron chi connectivity index (χ0n) is 15.4. The molecule has 1 fully saturated rings. The van der Waals surface area contributed by atoms with Crippen LogP contribution in [0.1, 0.15) is 31.6 Å². The SMILES string of the molecule is C[C@H]1CN(C(=O)[C@@H]2CCCN2S(C)(=O)=O)Cc2nnc(-c3ccccc3)n21. The zero-order chi connectivity index (χ0) is 19.2. The van der Waals surface area contributed by atoms with Crippen molar-refractivity contribution in [3.63, 3.8) is 0 Å². The van der Waals surface area contributed by atoms with Gasteiger partial charge in [-0.3, -0.25) is 4.79 Å². The highest BCUT2D eigenvalue weighted by molar-refractivity contribution is 7.88. The lowest BCUT2D eigenvalue weighted by Crippen LogP contribution is -2.50. The van der Waals surface area contributed by atoms with Crippen LogP contribution in [0.3, 0.4) is 0 Å². The predicted octanol–water partition coefficient (Wildman–Crippen LogP) is 1.27. The molecule has 9 heteroatoms. The third-order valence-corrected chi connectivity index (χ3v) is 6.57. The molecule has 1 aromatic carbocycles. The lowest BCUT2D eigenvalue weighted by molar-refractivity contribution is -0.136. The lowest BCUT2D eigenvalue weighted by atomic mass is 10.1. The monoisotopic (exact) mass is 389 g/mol. The third kappa shape index (κ3) is 3.25. The summed E-state index contributed by atoms with van der Waals surface area (Å²) in [7, 11) is -3.39. The molecule has 0 radical (unpaired) electrons. The van der Waals surface area contributed by atoms with Crippen LogP contribution < -0.4 is 0 Å². The Kier molecular flexibility index (Phi) is 4.51. The number of rotatable bonds is 3. The molecule has 0 bridgehead atoms. The van der Waals surface area contributed by atoms with Gasteiger partial charge in [0.2, 0.25) is 15.9 Å². The number of hydrogen-bond acceptors (Lipinski definition) is 5. The molecule has 8 nitrogen and oxygen atoms in total. The van der Waals surface area contributed by atoms with Crippen molar-refractivity contribution in [2.24, 2.45) is 0 Å². The quantitative estimate of drug-likeness (QED) is 0.789. The van der Waals surface area contributed by atoms with Crippen LogP contribution in [0.4, 0.5) is 0 Å². The number of carbonyl (C=O) groups excluding carboxylic acids is 1. The fraction of sp³-hybridized carbons (Fsp3) is 0.500. The van der Waals surface area contributed by atoms with Gasteiger partial charge in [-0.1, -0.05) is 30.3 Å². The summed E-state index contributed by atoms with van der Waals surface area (Å²) >= 11 is 0. The van der Waals surface area contributed by atoms with Crippen LogP contribution in [-0.2, 0) is 21.4 Å². The van der Waals surface area contributed by atoms with E-state index in [2.05, 4.69) is 14.8 Å². The van der Waals surface area contributed by atoms with Gasteiger partial charge in [0.05, 0.1) is 18.8 Å². The van der Waals surface area contributed by atoms with Gasteiger partial charge in [0, 0.05) is 18.7 Å². The van der Waals surface area contributed by atoms with Gasteiger partial charge >= 0.3 is 0 Å². The van der Waals surface area contributed by atoms with Crippen molar-refractivity contribution in [1.82, 2.24) is 24.0 Å². The molecule has 1 amide bonds. The van der Waals surface area contributed by atoms with E-state index >= 15 is 0 Å². The summed E-state index contributed by atoms with van der Waals surface area (Å²) in [6.45, 7) is 3.30. The summed E-state index contributed by atoms with van der Waals surface area (Å²) in [4.78, 5) is 14.8. The van der Waals surface area contributed by atoms with Gasteiger partial charge in [-0.2, -0.15) is 4.31 Å². The maximum atomic E-state index is 13.1. The van der Waals surface area contributed by atoms with E-state index in [1.54, 1.807) is 4.90 Å². The van der Waals surface area contributed by atoms with E-state index in [-0.39, 0.29) is 11.9 Å². The molecule has 2 aliphatic heterocycles. The number of fused-ring (bicyclic) bond motifs is 1. The molecule has 0 spiro atoms. The van der Waals surface area contributed by atoms with Gasteiger partial charge in [-0.05, 0) is 19.8 Å². The summed E-state index contributed by atoms with van der Waals surface area (Å²) in [5.41, 5.74) is 0.988. The van der Waals surface area contributed by atoms with Crippen molar-refractivity contribution < 1.29 is 13.2 Å². The van der Waals surface area contributed by atoms with Crippen LogP contribution in [-0.4, -0.2) is 63.7 Å². The van der Waals surface area contributed by atoms with Gasteiger partial charge in [-0.25, -0.2) is 8.42 Å². The first-order valence-electron chi connectivity index (χ1n) is 9.11. The minimum Gasteiger partial charge on any atom is -0.332 e. The van der Waals surface area contributed by atoms with Gasteiger partial charge in [0.1, 0.15) is 6.04 Å². The van der Waals surface area contributed by atoms with Crippen LogP contribution in [0.2, 0.25) is 0 Å². The first-order chi connectivity index (χ1) is 12.9. The second kappa shape index (κ2) is 6.72. The Labute approximate surface area is 158 Å². The lowest BCUT2D eigenvalue weighted by Gasteiger charge is -2.35. The fourth-order valence-electron chi connectivity index (χ4n) is 4.08. The molecule has 3 heterocycles. The summed E-state index contributed by atoms with van der Waals surface area (Å²) < 4.78 is 27.4. The van der Waals surface area contributed by atoms with E-state index in [9.17, 15) is 13.2 Å². The average Bonchev–Trinajstić information content (AvgIpc) is 3.29. The second-order valence-corrected chi connectivity index (χ2v) is 9.21. The van der Waals surface area contributed by atoms with Crippen LogP contribution in [0.15, 0.2) is 30.3 Å². The molecule has 2 atom stereocenters. The van der Waals surface area contributed by atoms with Crippen LogP contribution in [0, 0.1) is 0 Å². The van der Waals surface area contributed by atoms with Gasteiger partial charge < -0.3 is 9.47 Å². The Balaban J connectivity index is 1.59. The molecule has 0 saturated carbocycles. The summed E-state index contributed by atoms with van der Waals surface area (Å²) in [6.07, 6.45) is 2.44. The Morgan fingerprint density at radius 1 is 1.19 bits per heavy atom. The molecular weight excluding hydrogens is 366 g/mol. The van der Waals surface area contributed by atoms with E-state index in [4.69, 9.17) is 0 Å². The van der Waals surface area contributed by atoms with E-state index in [0.29, 0.717) is 32.5 Å². The number of aromatic nitrogens is 3. The third-order valence-electron chi connectivity index (χ3n) is 5.28. The molecular formula is C18H23N5O3S. The van der Waals surface area contributed by atoms with Crippen LogP contribution in [0.25, 0.3) is 11.4 Å². The molecule has 0 unspecified atom stereocenters. The molecule has 0 N–H and O–H groups in total. The largest absolute Gasteiger partial charge is 0.332 e. The number of hydrogen-bond donors (Lipinski definition) is 0. The van der Waals surface area contributed by atoms with Gasteiger partial charge in [0.25, 0.3) is 0 Å². The highest BCUT2D eigenvalue weighted by Gasteiger charge is 2.40. The molecule has 27 heavy (non-hydrogen) atoms. The minimum atomic E-state index is -3.39. The molecule has 2 aliphatic rings. The van der Waals surface area contributed by atoms with Crippen LogP contribution in [0.5, 0.6) is 0 Å². The fourth-order valence-corrected chi connectivity index (χ4v) is 5.20. The number of carbonyl (C=O) groups is 1. The van der Waals surface area contributed by atoms with Crippen molar-refractivity contribution in [2.45, 2.75) is 38.4 Å². The first-order valence-corrected chi connectivity index (χ1v) is 11.0. The van der Waals surface area contributed by atoms with Gasteiger partial charge in [-0.15, -0.1) is 10.2 Å². The summed E-state index contributed by atoms with van der Waals surface area (Å²) in [5, 5.41) is 8.63. The Bertz CT molecular complexity index is 957. The van der Waals surface area contributed by atoms with Gasteiger partial charge in [0.15, 0.2) is 11.6 Å². The Hall–Kier alpha value is -2.26. The van der Waals surface area contributed by atoms with E-state index in [0.717, 1.165) is 17.2 Å². The standard InChI is InChI=1S/C18H23N5O3S/c1-13-11-21(18(24)15-9-6-10-22(15)27(2,25)26)12-16-19-20-17(23(13)16)14-7-4-3-5-8-14/h3-5,7-8,13,15H,6,9-12H2,1-2H3/t13-,15-/m0/s1. The minimum absolute atomic E-state index is 0.0102. The molecule has 0 aliphatic carbocycles. The summed E-state index contributed by atoms with van der Waals surface area (Å²) in [5.74, 6) is 1.38. The first kappa shape index (κ1) is 18.1. The number of sulfonamides is 1. The Morgan fingerprint density at radius 3 is 2.63 bits per heavy atom. The second-order valence-electron chi connectivity index (χ2n) is 7.28. The summed E-state index contributed by atoms with van der Waals surface area (Å²) in [6, 6.07) is 9.26. The highest BCUT2D eigenvalue weighted by Crippen LogP contribution is 2.29. The normalized spacial score (nSPS) is 23.4. The molecule has 2 aromatic rings. The van der Waals surface area contributed by atoms with Crippen molar-refractivity contribution in [3.05, 3.63) is 36.2 Å². The predicted molar refractivity (Wildman–Crippen MR) is 100 cm³/mol. The topological polar surface area (TPSA) is 88.4 Å². The number of benzene rings is 1. The average molecular weight is 389 g/mol. The molecule has 1 saturated heterocycles. The molecule has 144 valence electrons. The highest BCUT2D eigenvalue weighted by atomic mass is 32.2. The van der Waals surface area contributed by atoms with Crippen molar-refractivity contribution in [1.29, 1.82) is 0 Å². The molecule has 4 rings (SSSR count). The van der Waals surface area contributed by atoms with E-state index < -0.39 is 16.1 Å². The van der Waals surface area contributed by atoms with Crippen LogP contribution >= 0.6 is 0 Å². The number of nitrogens with zero attached hydrogens (tertiary/aromatic N) is 5. The van der Waals surface area contributed by atoms with E-state index in [1.807, 2.05) is 37.3 Å². The smallest absolute Gasteiger partial charge is 0.241 e.